The fraction of sp³-hybridized carbons (Fsp3) is 0.0952. The first-order chi connectivity index (χ1) is 13.5. The van der Waals surface area contributed by atoms with E-state index in [1.807, 2.05) is 30.3 Å². The maximum absolute atomic E-state index is 12.4. The Labute approximate surface area is 164 Å². The van der Waals surface area contributed by atoms with Crippen LogP contribution in [0.4, 0.5) is 5.69 Å². The second kappa shape index (κ2) is 8.69. The molecule has 0 fully saturated rings. The lowest BCUT2D eigenvalue weighted by Gasteiger charge is -2.09. The van der Waals surface area contributed by atoms with Crippen LogP contribution in [0.15, 0.2) is 83.8 Å². The van der Waals surface area contributed by atoms with Gasteiger partial charge in [-0.3, -0.25) is 4.79 Å². The quantitative estimate of drug-likeness (QED) is 0.641. The number of benzene rings is 3. The summed E-state index contributed by atoms with van der Waals surface area (Å²) >= 11 is 0. The van der Waals surface area contributed by atoms with E-state index < -0.39 is 10.0 Å². The molecule has 6 nitrogen and oxygen atoms in total. The normalized spacial score (nSPS) is 11.0. The Bertz CT molecular complexity index is 1030. The number of sulfonamides is 1. The van der Waals surface area contributed by atoms with E-state index in [2.05, 4.69) is 10.0 Å². The van der Waals surface area contributed by atoms with E-state index in [0.717, 1.165) is 5.56 Å². The van der Waals surface area contributed by atoms with Gasteiger partial charge in [-0.15, -0.1) is 0 Å². The van der Waals surface area contributed by atoms with Gasteiger partial charge < -0.3 is 10.1 Å². The third-order valence-electron chi connectivity index (χ3n) is 4.06. The minimum atomic E-state index is -3.50. The van der Waals surface area contributed by atoms with Crippen LogP contribution in [0.25, 0.3) is 0 Å². The molecule has 0 aliphatic carbocycles. The van der Waals surface area contributed by atoms with Crippen LogP contribution in [-0.4, -0.2) is 21.4 Å². The van der Waals surface area contributed by atoms with Crippen LogP contribution in [0.2, 0.25) is 0 Å². The van der Waals surface area contributed by atoms with Gasteiger partial charge in [-0.05, 0) is 61.1 Å². The van der Waals surface area contributed by atoms with Gasteiger partial charge in [0.05, 0.1) is 4.90 Å². The van der Waals surface area contributed by atoms with Crippen molar-refractivity contribution < 1.29 is 17.9 Å². The molecule has 0 saturated heterocycles. The molecule has 144 valence electrons. The molecule has 0 aromatic heterocycles. The first kappa shape index (κ1) is 19.6. The molecule has 3 aromatic rings. The topological polar surface area (TPSA) is 84.5 Å². The Morgan fingerprint density at radius 2 is 1.54 bits per heavy atom. The van der Waals surface area contributed by atoms with Gasteiger partial charge in [-0.1, -0.05) is 30.3 Å². The van der Waals surface area contributed by atoms with Crippen molar-refractivity contribution in [2.75, 3.05) is 12.4 Å². The molecule has 0 unspecified atom stereocenters. The highest BCUT2D eigenvalue weighted by atomic mass is 32.2. The van der Waals surface area contributed by atoms with E-state index in [1.165, 1.54) is 19.2 Å². The summed E-state index contributed by atoms with van der Waals surface area (Å²) in [6.45, 7) is 0.453. The van der Waals surface area contributed by atoms with Crippen LogP contribution < -0.4 is 14.8 Å². The standard InChI is InChI=1S/C21H20N2O4S/c1-22-28(25,26)20-13-9-18(10-14-20)23-21(24)17-7-11-19(12-8-17)27-15-16-5-3-2-4-6-16/h2-14,22H,15H2,1H3,(H,23,24). The van der Waals surface area contributed by atoms with Gasteiger partial charge in [0.25, 0.3) is 5.91 Å². The molecular formula is C21H20N2O4S. The predicted molar refractivity (Wildman–Crippen MR) is 108 cm³/mol. The number of nitrogens with one attached hydrogen (secondary N) is 2. The monoisotopic (exact) mass is 396 g/mol. The average Bonchev–Trinajstić information content (AvgIpc) is 2.74. The second-order valence-corrected chi connectivity index (χ2v) is 7.87. The van der Waals surface area contributed by atoms with Crippen molar-refractivity contribution >= 4 is 21.6 Å². The van der Waals surface area contributed by atoms with E-state index in [9.17, 15) is 13.2 Å². The average molecular weight is 396 g/mol. The molecule has 7 heteroatoms. The van der Waals surface area contributed by atoms with Crippen molar-refractivity contribution in [2.24, 2.45) is 0 Å². The molecule has 0 bridgehead atoms. The number of hydrogen-bond acceptors (Lipinski definition) is 4. The van der Waals surface area contributed by atoms with Gasteiger partial charge in [0.1, 0.15) is 12.4 Å². The molecule has 0 radical (unpaired) electrons. The Hall–Kier alpha value is -3.16. The molecule has 0 saturated carbocycles. The highest BCUT2D eigenvalue weighted by molar-refractivity contribution is 7.89. The molecule has 1 amide bonds. The predicted octanol–water partition coefficient (Wildman–Crippen LogP) is 3.43. The Morgan fingerprint density at radius 3 is 2.14 bits per heavy atom. The van der Waals surface area contributed by atoms with Gasteiger partial charge in [-0.25, -0.2) is 13.1 Å². The zero-order chi connectivity index (χ0) is 20.0. The number of hydrogen-bond donors (Lipinski definition) is 2. The highest BCUT2D eigenvalue weighted by Gasteiger charge is 2.11. The van der Waals surface area contributed by atoms with Crippen molar-refractivity contribution in [1.82, 2.24) is 4.72 Å². The zero-order valence-corrected chi connectivity index (χ0v) is 16.1. The molecule has 0 heterocycles. The summed E-state index contributed by atoms with van der Waals surface area (Å²) in [5.41, 5.74) is 2.04. The van der Waals surface area contributed by atoms with Crippen molar-refractivity contribution in [2.45, 2.75) is 11.5 Å². The summed E-state index contributed by atoms with van der Waals surface area (Å²) in [6.07, 6.45) is 0. The van der Waals surface area contributed by atoms with Crippen LogP contribution in [0, 0.1) is 0 Å². The number of ether oxygens (including phenoxy) is 1. The smallest absolute Gasteiger partial charge is 0.255 e. The summed E-state index contributed by atoms with van der Waals surface area (Å²) in [7, 11) is -2.16. The van der Waals surface area contributed by atoms with E-state index in [-0.39, 0.29) is 10.8 Å². The van der Waals surface area contributed by atoms with Crippen molar-refractivity contribution in [1.29, 1.82) is 0 Å². The Morgan fingerprint density at radius 1 is 0.893 bits per heavy atom. The summed E-state index contributed by atoms with van der Waals surface area (Å²) in [5.74, 6) is 0.376. The first-order valence-electron chi connectivity index (χ1n) is 8.60. The van der Waals surface area contributed by atoms with Crippen molar-refractivity contribution in [3.05, 3.63) is 90.0 Å². The molecule has 28 heavy (non-hydrogen) atoms. The van der Waals surface area contributed by atoms with Crippen LogP contribution in [0.1, 0.15) is 15.9 Å². The highest BCUT2D eigenvalue weighted by Crippen LogP contribution is 2.17. The summed E-state index contributed by atoms with van der Waals surface area (Å²) in [6, 6.07) is 22.6. The van der Waals surface area contributed by atoms with Gasteiger partial charge in [0.2, 0.25) is 10.0 Å². The molecule has 3 aromatic carbocycles. The minimum absolute atomic E-state index is 0.132. The maximum atomic E-state index is 12.4. The number of anilines is 1. The first-order valence-corrected chi connectivity index (χ1v) is 10.1. The summed E-state index contributed by atoms with van der Waals surface area (Å²) in [5, 5.41) is 2.74. The Kier molecular flexibility index (Phi) is 6.08. The third-order valence-corrected chi connectivity index (χ3v) is 5.49. The molecule has 0 aliphatic rings. The van der Waals surface area contributed by atoms with Gasteiger partial charge in [0, 0.05) is 11.3 Å². The van der Waals surface area contributed by atoms with Gasteiger partial charge in [-0.2, -0.15) is 0 Å². The van der Waals surface area contributed by atoms with Crippen LogP contribution >= 0.6 is 0 Å². The zero-order valence-electron chi connectivity index (χ0n) is 15.3. The van der Waals surface area contributed by atoms with Crippen LogP contribution in [-0.2, 0) is 16.6 Å². The van der Waals surface area contributed by atoms with Crippen molar-refractivity contribution in [3.63, 3.8) is 0 Å². The van der Waals surface area contributed by atoms with E-state index in [1.54, 1.807) is 36.4 Å². The van der Waals surface area contributed by atoms with Crippen LogP contribution in [0.3, 0.4) is 0 Å². The number of amides is 1. The molecule has 3 rings (SSSR count). The largest absolute Gasteiger partial charge is 0.489 e. The van der Waals surface area contributed by atoms with E-state index >= 15 is 0 Å². The Balaban J connectivity index is 1.60. The SMILES string of the molecule is CNS(=O)(=O)c1ccc(NC(=O)c2ccc(OCc3ccccc3)cc2)cc1. The molecule has 0 atom stereocenters. The number of rotatable bonds is 7. The third kappa shape index (κ3) is 4.97. The lowest BCUT2D eigenvalue weighted by Crippen LogP contribution is -2.18. The number of carbonyl (C=O) groups excluding carboxylic acids is 1. The minimum Gasteiger partial charge on any atom is -0.489 e. The maximum Gasteiger partial charge on any atom is 0.255 e. The fourth-order valence-corrected chi connectivity index (χ4v) is 3.21. The molecule has 0 aliphatic heterocycles. The summed E-state index contributed by atoms with van der Waals surface area (Å²) < 4.78 is 31.4. The lowest BCUT2D eigenvalue weighted by molar-refractivity contribution is 0.102. The molecule has 2 N–H and O–H groups in total. The fourth-order valence-electron chi connectivity index (χ4n) is 2.48. The van der Waals surface area contributed by atoms with Gasteiger partial charge in [0.15, 0.2) is 0 Å². The van der Waals surface area contributed by atoms with E-state index in [4.69, 9.17) is 4.74 Å². The number of carbonyl (C=O) groups is 1. The van der Waals surface area contributed by atoms with Gasteiger partial charge >= 0.3 is 0 Å². The molecular weight excluding hydrogens is 376 g/mol. The lowest BCUT2D eigenvalue weighted by atomic mass is 10.2. The second-order valence-electron chi connectivity index (χ2n) is 5.98. The van der Waals surface area contributed by atoms with Crippen LogP contribution in [0.5, 0.6) is 5.75 Å². The van der Waals surface area contributed by atoms with Crippen molar-refractivity contribution in [3.8, 4) is 5.75 Å². The van der Waals surface area contributed by atoms with E-state index in [0.29, 0.717) is 23.6 Å². The summed E-state index contributed by atoms with van der Waals surface area (Å²) in [4.78, 5) is 12.5. The molecule has 0 spiro atoms.